The number of allylic oxidation sites excluding steroid dienone is 2. The molecule has 0 atom stereocenters. The molecule has 0 spiro atoms. The summed E-state index contributed by atoms with van der Waals surface area (Å²) in [5.41, 5.74) is 15.9. The van der Waals surface area contributed by atoms with Crippen LogP contribution in [0, 0.1) is 0 Å². The monoisotopic (exact) mass is 362 g/mol. The minimum absolute atomic E-state index is 0.143. The van der Waals surface area contributed by atoms with Crippen LogP contribution in [0.4, 0.5) is 17.2 Å². The van der Waals surface area contributed by atoms with E-state index in [1.54, 1.807) is 17.0 Å². The normalized spacial score (nSPS) is 11.0. The van der Waals surface area contributed by atoms with Crippen molar-refractivity contribution in [2.75, 3.05) is 16.8 Å². The number of hydrogen-bond acceptors (Lipinski definition) is 5. The molecule has 2 heterocycles. The smallest absolute Gasteiger partial charge is 0.207 e. The Kier molecular flexibility index (Phi) is 5.12. The third kappa shape index (κ3) is 4.09. The van der Waals surface area contributed by atoms with Gasteiger partial charge >= 0.3 is 0 Å². The van der Waals surface area contributed by atoms with Crippen LogP contribution in [-0.2, 0) is 13.6 Å². The lowest BCUT2D eigenvalue weighted by Gasteiger charge is -2.12. The topological polar surface area (TPSA) is 115 Å². The standard InChI is InChI=1S/C20H22N6O/c1-3-4-5-14-8-13(6-7-16(14)21)10-23-20-19(22)18(27)9-17(25-20)15-11-24-26(2)12-15/h3-9,11-12H,1,10,21-22H2,2H3,(H2,23,25,27)/b5-4-. The van der Waals surface area contributed by atoms with E-state index >= 15 is 0 Å². The molecule has 27 heavy (non-hydrogen) atoms. The van der Waals surface area contributed by atoms with E-state index in [0.717, 1.165) is 16.7 Å². The molecule has 0 saturated carbocycles. The van der Waals surface area contributed by atoms with Crippen molar-refractivity contribution >= 4 is 23.3 Å². The van der Waals surface area contributed by atoms with Crippen LogP contribution in [0.5, 0.6) is 0 Å². The van der Waals surface area contributed by atoms with Crippen LogP contribution in [0.15, 0.2) is 60.2 Å². The molecular weight excluding hydrogens is 340 g/mol. The third-order valence-corrected chi connectivity index (χ3v) is 4.12. The van der Waals surface area contributed by atoms with E-state index in [2.05, 4.69) is 22.0 Å². The summed E-state index contributed by atoms with van der Waals surface area (Å²) in [6.45, 7) is 4.14. The van der Waals surface area contributed by atoms with Gasteiger partial charge in [-0.1, -0.05) is 30.9 Å². The van der Waals surface area contributed by atoms with Gasteiger partial charge in [-0.2, -0.15) is 5.10 Å². The van der Waals surface area contributed by atoms with Crippen LogP contribution in [0.2, 0.25) is 0 Å². The Morgan fingerprint density at radius 3 is 2.85 bits per heavy atom. The molecule has 0 aliphatic carbocycles. The molecule has 6 N–H and O–H groups in total. The van der Waals surface area contributed by atoms with Gasteiger partial charge in [-0.15, -0.1) is 0 Å². The molecule has 138 valence electrons. The fourth-order valence-electron chi connectivity index (χ4n) is 2.67. The van der Waals surface area contributed by atoms with Crippen LogP contribution in [-0.4, -0.2) is 14.8 Å². The number of nitrogens with zero attached hydrogens (tertiary/aromatic N) is 2. The molecule has 3 rings (SSSR count). The number of nitrogens with two attached hydrogens (primary N) is 2. The lowest BCUT2D eigenvalue weighted by atomic mass is 10.1. The summed E-state index contributed by atoms with van der Waals surface area (Å²) in [5.74, 6) is 0.473. The minimum Gasteiger partial charge on any atom is -0.398 e. The van der Waals surface area contributed by atoms with Crippen molar-refractivity contribution in [2.45, 2.75) is 6.54 Å². The number of anilines is 3. The molecule has 0 saturated heterocycles. The van der Waals surface area contributed by atoms with Crippen LogP contribution in [0.1, 0.15) is 11.1 Å². The van der Waals surface area contributed by atoms with Crippen LogP contribution in [0.25, 0.3) is 17.3 Å². The summed E-state index contributed by atoms with van der Waals surface area (Å²) in [6, 6.07) is 7.21. The number of nitrogens with one attached hydrogen (secondary N) is 2. The van der Waals surface area contributed by atoms with Gasteiger partial charge in [0.15, 0.2) is 0 Å². The molecule has 7 nitrogen and oxygen atoms in total. The molecule has 7 heteroatoms. The molecule has 0 amide bonds. The number of rotatable bonds is 6. The Morgan fingerprint density at radius 2 is 2.15 bits per heavy atom. The lowest BCUT2D eigenvalue weighted by molar-refractivity contribution is 0.768. The number of hydrogen-bond donors (Lipinski definition) is 4. The van der Waals surface area contributed by atoms with Gasteiger partial charge in [0.2, 0.25) is 5.43 Å². The second-order valence-corrected chi connectivity index (χ2v) is 6.15. The van der Waals surface area contributed by atoms with E-state index in [9.17, 15) is 4.79 Å². The minimum atomic E-state index is -0.248. The Bertz CT molecular complexity index is 1060. The van der Waals surface area contributed by atoms with Gasteiger partial charge < -0.3 is 21.8 Å². The third-order valence-electron chi connectivity index (χ3n) is 4.12. The van der Waals surface area contributed by atoms with Gasteiger partial charge in [0.25, 0.3) is 0 Å². The van der Waals surface area contributed by atoms with E-state index in [1.165, 1.54) is 6.07 Å². The number of nitrogen functional groups attached to an aromatic ring is 2. The summed E-state index contributed by atoms with van der Waals surface area (Å²) < 4.78 is 1.67. The highest BCUT2D eigenvalue weighted by Gasteiger charge is 2.09. The zero-order valence-electron chi connectivity index (χ0n) is 15.1. The largest absolute Gasteiger partial charge is 0.398 e. The molecule has 3 aromatic rings. The van der Waals surface area contributed by atoms with Crippen molar-refractivity contribution in [3.05, 3.63) is 76.7 Å². The Morgan fingerprint density at radius 1 is 1.33 bits per heavy atom. The molecule has 0 unspecified atom stereocenters. The molecule has 0 radical (unpaired) electrons. The second kappa shape index (κ2) is 7.65. The predicted molar refractivity (Wildman–Crippen MR) is 111 cm³/mol. The van der Waals surface area contributed by atoms with Crippen molar-refractivity contribution in [3.63, 3.8) is 0 Å². The molecule has 0 aliphatic rings. The highest BCUT2D eigenvalue weighted by molar-refractivity contribution is 5.69. The average molecular weight is 362 g/mol. The van der Waals surface area contributed by atoms with Crippen LogP contribution >= 0.6 is 0 Å². The van der Waals surface area contributed by atoms with E-state index in [1.807, 2.05) is 43.6 Å². The van der Waals surface area contributed by atoms with Crippen molar-refractivity contribution in [3.8, 4) is 11.3 Å². The average Bonchev–Trinajstić information content (AvgIpc) is 3.09. The molecule has 0 bridgehead atoms. The Hall–Kier alpha value is -3.74. The van der Waals surface area contributed by atoms with Gasteiger partial charge in [-0.05, 0) is 23.3 Å². The van der Waals surface area contributed by atoms with Gasteiger partial charge in [-0.3, -0.25) is 9.48 Å². The Balaban J connectivity index is 1.86. The quantitative estimate of drug-likeness (QED) is 0.398. The first kappa shape index (κ1) is 18.1. The molecule has 1 aromatic carbocycles. The molecule has 0 aliphatic heterocycles. The van der Waals surface area contributed by atoms with E-state index in [4.69, 9.17) is 11.5 Å². The first-order valence-corrected chi connectivity index (χ1v) is 8.41. The van der Waals surface area contributed by atoms with Crippen molar-refractivity contribution in [1.82, 2.24) is 14.8 Å². The van der Waals surface area contributed by atoms with Crippen molar-refractivity contribution < 1.29 is 0 Å². The van der Waals surface area contributed by atoms with Crippen molar-refractivity contribution in [2.24, 2.45) is 7.05 Å². The lowest BCUT2D eigenvalue weighted by Crippen LogP contribution is -2.14. The highest BCUT2D eigenvalue weighted by Crippen LogP contribution is 2.21. The number of aromatic nitrogens is 3. The maximum Gasteiger partial charge on any atom is 0.207 e. The van der Waals surface area contributed by atoms with Gasteiger partial charge in [0.05, 0.1) is 11.9 Å². The van der Waals surface area contributed by atoms with Crippen LogP contribution < -0.4 is 22.2 Å². The fraction of sp³-hybridized carbons (Fsp3) is 0.100. The predicted octanol–water partition coefficient (Wildman–Crippen LogP) is 2.75. The number of pyridine rings is 1. The second-order valence-electron chi connectivity index (χ2n) is 6.15. The SMILES string of the molecule is C=C/C=C\c1cc(CNc2[nH]c(-c3cnn(C)c3)cc(=O)c2N)ccc1N. The van der Waals surface area contributed by atoms with Crippen LogP contribution in [0.3, 0.4) is 0 Å². The molecular formula is C20H22N6O. The fourth-order valence-corrected chi connectivity index (χ4v) is 2.67. The van der Waals surface area contributed by atoms with E-state index < -0.39 is 0 Å². The highest BCUT2D eigenvalue weighted by atomic mass is 16.1. The molecule has 2 aromatic heterocycles. The number of benzene rings is 1. The summed E-state index contributed by atoms with van der Waals surface area (Å²) in [7, 11) is 1.82. The number of aromatic amines is 1. The maximum absolute atomic E-state index is 12.2. The summed E-state index contributed by atoms with van der Waals surface area (Å²) >= 11 is 0. The van der Waals surface area contributed by atoms with E-state index in [-0.39, 0.29) is 11.1 Å². The molecule has 0 fully saturated rings. The first-order chi connectivity index (χ1) is 13.0. The summed E-state index contributed by atoms with van der Waals surface area (Å²) in [6.07, 6.45) is 8.92. The van der Waals surface area contributed by atoms with Gasteiger partial charge in [0.1, 0.15) is 11.5 Å². The van der Waals surface area contributed by atoms with Gasteiger partial charge in [0, 0.05) is 37.1 Å². The van der Waals surface area contributed by atoms with Crippen molar-refractivity contribution in [1.29, 1.82) is 0 Å². The maximum atomic E-state index is 12.2. The summed E-state index contributed by atoms with van der Waals surface area (Å²) in [4.78, 5) is 15.4. The number of aryl methyl sites for hydroxylation is 1. The first-order valence-electron chi connectivity index (χ1n) is 8.41. The zero-order chi connectivity index (χ0) is 19.4. The van der Waals surface area contributed by atoms with Gasteiger partial charge in [-0.25, -0.2) is 0 Å². The summed E-state index contributed by atoms with van der Waals surface area (Å²) in [5, 5.41) is 7.33. The Labute approximate surface area is 157 Å². The number of H-pyrrole nitrogens is 1. The van der Waals surface area contributed by atoms with E-state index in [0.29, 0.717) is 23.7 Å². The zero-order valence-corrected chi connectivity index (χ0v) is 15.1.